The molecule has 2 aromatic heterocycles. The number of aromatic nitrogens is 2. The van der Waals surface area contributed by atoms with E-state index in [0.717, 1.165) is 16.9 Å². The number of hydrazone groups is 1. The Morgan fingerprint density at radius 2 is 2.07 bits per heavy atom. The molecule has 1 aromatic carbocycles. The second kappa shape index (κ2) is 9.09. The molecule has 0 aliphatic rings. The van der Waals surface area contributed by atoms with Crippen molar-refractivity contribution in [3.05, 3.63) is 75.8 Å². The molecule has 7 nitrogen and oxygen atoms in total. The zero-order valence-corrected chi connectivity index (χ0v) is 16.5. The van der Waals surface area contributed by atoms with Crippen molar-refractivity contribution >= 4 is 23.0 Å². The normalized spacial score (nSPS) is 11.3. The van der Waals surface area contributed by atoms with Crippen molar-refractivity contribution in [3.63, 3.8) is 0 Å². The maximum atomic E-state index is 12.1. The minimum absolute atomic E-state index is 0.291. The van der Waals surface area contributed by atoms with Gasteiger partial charge in [-0.3, -0.25) is 15.2 Å². The molecule has 0 bridgehead atoms. The summed E-state index contributed by atoms with van der Waals surface area (Å²) in [5.41, 5.74) is 5.56. The van der Waals surface area contributed by atoms with Gasteiger partial charge in [-0.1, -0.05) is 0 Å². The summed E-state index contributed by atoms with van der Waals surface area (Å²) in [5.74, 6) is 0.485. The van der Waals surface area contributed by atoms with Gasteiger partial charge in [0.15, 0.2) is 4.80 Å². The van der Waals surface area contributed by atoms with Crippen molar-refractivity contribution < 1.29 is 9.53 Å². The molecule has 0 aliphatic carbocycles. The van der Waals surface area contributed by atoms with Crippen molar-refractivity contribution in [2.75, 3.05) is 6.61 Å². The summed E-state index contributed by atoms with van der Waals surface area (Å²) in [6.07, 6.45) is 5.01. The molecule has 0 atom stereocenters. The molecule has 0 fully saturated rings. The Labute approximate surface area is 166 Å². The van der Waals surface area contributed by atoms with E-state index in [1.807, 2.05) is 48.2 Å². The maximum Gasteiger partial charge on any atom is 0.271 e. The van der Waals surface area contributed by atoms with Crippen LogP contribution in [-0.4, -0.2) is 27.8 Å². The molecule has 0 saturated heterocycles. The van der Waals surface area contributed by atoms with Crippen molar-refractivity contribution in [1.29, 1.82) is 5.41 Å². The van der Waals surface area contributed by atoms with Gasteiger partial charge in [0, 0.05) is 35.1 Å². The summed E-state index contributed by atoms with van der Waals surface area (Å²) < 4.78 is 7.58. The van der Waals surface area contributed by atoms with Gasteiger partial charge in [-0.05, 0) is 49.7 Å². The summed E-state index contributed by atoms with van der Waals surface area (Å²) in [7, 11) is 0. The quantitative estimate of drug-likeness (QED) is 0.476. The van der Waals surface area contributed by atoms with E-state index in [1.165, 1.54) is 11.3 Å². The van der Waals surface area contributed by atoms with Crippen molar-refractivity contribution in [2.45, 2.75) is 20.4 Å². The number of carbonyl (C=O) groups is 1. The SMILES string of the molecule is CCOc1ccc(/C(C)=N\NC(=O)c2ccncc2)cc1Cn1ccsc1=N. The Hall–Kier alpha value is -3.26. The Kier molecular flexibility index (Phi) is 6.33. The number of amides is 1. The summed E-state index contributed by atoms with van der Waals surface area (Å²) in [6, 6.07) is 9.05. The zero-order valence-electron chi connectivity index (χ0n) is 15.7. The molecule has 0 aliphatic heterocycles. The number of benzene rings is 1. The minimum atomic E-state index is -0.291. The highest BCUT2D eigenvalue weighted by Crippen LogP contribution is 2.22. The van der Waals surface area contributed by atoms with E-state index < -0.39 is 0 Å². The highest BCUT2D eigenvalue weighted by Gasteiger charge is 2.09. The summed E-state index contributed by atoms with van der Waals surface area (Å²) in [4.78, 5) is 16.5. The fourth-order valence-corrected chi connectivity index (χ4v) is 3.20. The average Bonchev–Trinajstić information content (AvgIpc) is 3.12. The van der Waals surface area contributed by atoms with Crippen molar-refractivity contribution in [2.24, 2.45) is 5.10 Å². The molecule has 1 amide bonds. The van der Waals surface area contributed by atoms with E-state index in [-0.39, 0.29) is 5.91 Å². The smallest absolute Gasteiger partial charge is 0.271 e. The van der Waals surface area contributed by atoms with Crippen LogP contribution in [0.25, 0.3) is 0 Å². The first-order chi connectivity index (χ1) is 13.6. The number of nitrogens with zero attached hydrogens (tertiary/aromatic N) is 3. The Balaban J connectivity index is 1.82. The Bertz CT molecular complexity index is 1040. The number of nitrogens with one attached hydrogen (secondary N) is 2. The van der Waals surface area contributed by atoms with Crippen LogP contribution in [0.3, 0.4) is 0 Å². The van der Waals surface area contributed by atoms with E-state index in [2.05, 4.69) is 15.5 Å². The zero-order chi connectivity index (χ0) is 19.9. The lowest BCUT2D eigenvalue weighted by Crippen LogP contribution is -2.19. The second-order valence-electron chi connectivity index (χ2n) is 5.97. The first-order valence-corrected chi connectivity index (χ1v) is 9.65. The van der Waals surface area contributed by atoms with Crippen LogP contribution in [0.1, 0.15) is 35.3 Å². The molecule has 0 saturated carbocycles. The van der Waals surface area contributed by atoms with Gasteiger partial charge in [0.25, 0.3) is 5.91 Å². The van der Waals surface area contributed by atoms with Gasteiger partial charge in [-0.25, -0.2) is 5.43 Å². The standard InChI is InChI=1S/C20H21N5O2S/c1-3-27-18-5-4-16(12-17(18)13-25-10-11-28-20(25)21)14(2)23-24-19(26)15-6-8-22-9-7-15/h4-12,21H,3,13H2,1-2H3,(H,24,26)/b21-20?,23-14-. The molecule has 0 spiro atoms. The third-order valence-electron chi connectivity index (χ3n) is 4.07. The molecule has 144 valence electrons. The second-order valence-corrected chi connectivity index (χ2v) is 6.86. The van der Waals surface area contributed by atoms with E-state index in [0.29, 0.717) is 29.2 Å². The number of hydrogen-bond acceptors (Lipinski definition) is 6. The number of thiazole rings is 1. The number of rotatable bonds is 7. The van der Waals surface area contributed by atoms with Crippen LogP contribution in [0.5, 0.6) is 5.75 Å². The number of hydrogen-bond donors (Lipinski definition) is 2. The molecule has 0 unspecified atom stereocenters. The summed E-state index contributed by atoms with van der Waals surface area (Å²) in [6.45, 7) is 4.86. The van der Waals surface area contributed by atoms with Crippen molar-refractivity contribution in [3.8, 4) is 5.75 Å². The number of carbonyl (C=O) groups excluding carboxylic acids is 1. The van der Waals surface area contributed by atoms with Crippen LogP contribution in [0.4, 0.5) is 0 Å². The molecule has 28 heavy (non-hydrogen) atoms. The lowest BCUT2D eigenvalue weighted by molar-refractivity contribution is 0.0954. The van der Waals surface area contributed by atoms with Gasteiger partial charge in [0.05, 0.1) is 18.9 Å². The van der Waals surface area contributed by atoms with Gasteiger partial charge in [0.2, 0.25) is 0 Å². The number of pyridine rings is 1. The highest BCUT2D eigenvalue weighted by molar-refractivity contribution is 7.06. The fraction of sp³-hybridized carbons (Fsp3) is 0.200. The number of ether oxygens (including phenoxy) is 1. The molecule has 8 heteroatoms. The molecule has 3 rings (SSSR count). The van der Waals surface area contributed by atoms with Crippen LogP contribution in [0, 0.1) is 5.41 Å². The first-order valence-electron chi connectivity index (χ1n) is 8.77. The maximum absolute atomic E-state index is 12.1. The molecular weight excluding hydrogens is 374 g/mol. The average molecular weight is 395 g/mol. The van der Waals surface area contributed by atoms with Crippen LogP contribution < -0.4 is 15.0 Å². The third-order valence-corrected chi connectivity index (χ3v) is 4.78. The van der Waals surface area contributed by atoms with E-state index in [1.54, 1.807) is 24.5 Å². The molecule has 2 N–H and O–H groups in total. The first kappa shape index (κ1) is 19.5. The third kappa shape index (κ3) is 4.72. The lowest BCUT2D eigenvalue weighted by Gasteiger charge is -2.13. The summed E-state index contributed by atoms with van der Waals surface area (Å²) >= 11 is 1.38. The van der Waals surface area contributed by atoms with E-state index in [4.69, 9.17) is 10.1 Å². The predicted octanol–water partition coefficient (Wildman–Crippen LogP) is 3.03. The Morgan fingerprint density at radius 1 is 1.29 bits per heavy atom. The predicted molar refractivity (Wildman–Crippen MR) is 109 cm³/mol. The van der Waals surface area contributed by atoms with Gasteiger partial charge >= 0.3 is 0 Å². The summed E-state index contributed by atoms with van der Waals surface area (Å²) in [5, 5.41) is 14.1. The lowest BCUT2D eigenvalue weighted by atomic mass is 10.1. The largest absolute Gasteiger partial charge is 0.494 e. The van der Waals surface area contributed by atoms with Crippen LogP contribution >= 0.6 is 11.3 Å². The van der Waals surface area contributed by atoms with Crippen LogP contribution in [0.2, 0.25) is 0 Å². The van der Waals surface area contributed by atoms with Gasteiger partial charge in [-0.15, -0.1) is 11.3 Å². The van der Waals surface area contributed by atoms with Gasteiger partial charge in [0.1, 0.15) is 5.75 Å². The Morgan fingerprint density at radius 3 is 2.75 bits per heavy atom. The van der Waals surface area contributed by atoms with Crippen LogP contribution in [-0.2, 0) is 6.54 Å². The van der Waals surface area contributed by atoms with E-state index >= 15 is 0 Å². The minimum Gasteiger partial charge on any atom is -0.494 e. The fourth-order valence-electron chi connectivity index (χ4n) is 2.60. The topological polar surface area (TPSA) is 92.4 Å². The molecule has 0 radical (unpaired) electrons. The van der Waals surface area contributed by atoms with E-state index in [9.17, 15) is 4.79 Å². The van der Waals surface area contributed by atoms with Crippen molar-refractivity contribution in [1.82, 2.24) is 15.0 Å². The molecular formula is C20H21N5O2S. The highest BCUT2D eigenvalue weighted by atomic mass is 32.1. The molecule has 2 heterocycles. The van der Waals surface area contributed by atoms with Gasteiger partial charge in [-0.2, -0.15) is 5.10 Å². The van der Waals surface area contributed by atoms with Crippen LogP contribution in [0.15, 0.2) is 59.4 Å². The van der Waals surface area contributed by atoms with Gasteiger partial charge < -0.3 is 9.30 Å². The molecule has 3 aromatic rings. The monoisotopic (exact) mass is 395 g/mol.